The minimum absolute atomic E-state index is 1.10. The molecule has 0 aliphatic carbocycles. The fourth-order valence-electron chi connectivity index (χ4n) is 1.60. The molecule has 0 saturated heterocycles. The molecule has 0 spiro atoms. The second kappa shape index (κ2) is 4.63. The normalized spacial score (nSPS) is 10.3. The van der Waals surface area contributed by atoms with Crippen LogP contribution in [0.1, 0.15) is 12.5 Å². The zero-order valence-corrected chi connectivity index (χ0v) is 10.3. The van der Waals surface area contributed by atoms with E-state index < -0.39 is 0 Å². The molecule has 2 aromatic carbocycles. The van der Waals surface area contributed by atoms with Crippen LogP contribution in [-0.2, 0) is 6.42 Å². The van der Waals surface area contributed by atoms with Gasteiger partial charge in [0.1, 0.15) is 0 Å². The highest BCUT2D eigenvalue weighted by atomic mass is 79.9. The van der Waals surface area contributed by atoms with Gasteiger partial charge >= 0.3 is 0 Å². The molecule has 15 heavy (non-hydrogen) atoms. The molecule has 0 aliphatic rings. The van der Waals surface area contributed by atoms with Gasteiger partial charge in [0, 0.05) is 4.47 Å². The topological polar surface area (TPSA) is 0 Å². The van der Waals surface area contributed by atoms with E-state index in [4.69, 9.17) is 0 Å². The highest BCUT2D eigenvalue weighted by molar-refractivity contribution is 9.10. The van der Waals surface area contributed by atoms with Crippen LogP contribution in [0.5, 0.6) is 0 Å². The van der Waals surface area contributed by atoms with E-state index in [2.05, 4.69) is 65.3 Å². The smallest absolute Gasteiger partial charge is 0.0181 e. The van der Waals surface area contributed by atoms with Gasteiger partial charge in [0.15, 0.2) is 0 Å². The van der Waals surface area contributed by atoms with E-state index in [1.165, 1.54) is 16.7 Å². The third-order valence-corrected chi connectivity index (χ3v) is 3.01. The summed E-state index contributed by atoms with van der Waals surface area (Å²) in [6.07, 6.45) is 1.10. The first-order chi connectivity index (χ1) is 7.29. The Bertz CT molecular complexity index is 443. The average molecular weight is 261 g/mol. The van der Waals surface area contributed by atoms with Gasteiger partial charge in [-0.2, -0.15) is 0 Å². The Labute approximate surface area is 99.1 Å². The fourth-order valence-corrected chi connectivity index (χ4v) is 2.00. The van der Waals surface area contributed by atoms with Crippen LogP contribution in [0.15, 0.2) is 53.0 Å². The van der Waals surface area contributed by atoms with Crippen molar-refractivity contribution in [2.45, 2.75) is 13.3 Å². The van der Waals surface area contributed by atoms with Crippen molar-refractivity contribution < 1.29 is 0 Å². The predicted octanol–water partition coefficient (Wildman–Crippen LogP) is 4.68. The first-order valence-electron chi connectivity index (χ1n) is 5.14. The molecule has 0 aliphatic heterocycles. The number of hydrogen-bond acceptors (Lipinski definition) is 0. The van der Waals surface area contributed by atoms with Crippen molar-refractivity contribution in [1.29, 1.82) is 0 Å². The van der Waals surface area contributed by atoms with Gasteiger partial charge < -0.3 is 0 Å². The molecule has 2 rings (SSSR count). The summed E-state index contributed by atoms with van der Waals surface area (Å²) in [4.78, 5) is 0. The highest BCUT2D eigenvalue weighted by Crippen LogP contribution is 2.23. The standard InChI is InChI=1S/C14H13Br/c1-2-11-6-8-12(9-7-11)13-4-3-5-14(15)10-13/h3-10H,2H2,1H3. The van der Waals surface area contributed by atoms with Gasteiger partial charge in [-0.05, 0) is 35.2 Å². The van der Waals surface area contributed by atoms with Gasteiger partial charge in [-0.3, -0.25) is 0 Å². The lowest BCUT2D eigenvalue weighted by Gasteiger charge is -2.03. The van der Waals surface area contributed by atoms with Crippen molar-refractivity contribution in [2.75, 3.05) is 0 Å². The van der Waals surface area contributed by atoms with Crippen molar-refractivity contribution in [3.05, 3.63) is 58.6 Å². The van der Waals surface area contributed by atoms with Crippen molar-refractivity contribution in [3.8, 4) is 11.1 Å². The van der Waals surface area contributed by atoms with Crippen LogP contribution in [0.3, 0.4) is 0 Å². The summed E-state index contributed by atoms with van der Waals surface area (Å²) >= 11 is 3.49. The maximum Gasteiger partial charge on any atom is 0.0181 e. The van der Waals surface area contributed by atoms with Crippen LogP contribution in [0.25, 0.3) is 11.1 Å². The van der Waals surface area contributed by atoms with Crippen molar-refractivity contribution >= 4 is 15.9 Å². The zero-order valence-electron chi connectivity index (χ0n) is 8.70. The molecule has 0 N–H and O–H groups in total. The summed E-state index contributed by atoms with van der Waals surface area (Å²) in [7, 11) is 0. The quantitative estimate of drug-likeness (QED) is 0.736. The molecule has 0 aromatic heterocycles. The third-order valence-electron chi connectivity index (χ3n) is 2.52. The maximum atomic E-state index is 3.49. The molecule has 1 heteroatoms. The number of hydrogen-bond donors (Lipinski definition) is 0. The van der Waals surface area contributed by atoms with E-state index in [1.807, 2.05) is 6.07 Å². The molecule has 0 heterocycles. The summed E-state index contributed by atoms with van der Waals surface area (Å²) in [5.74, 6) is 0. The Kier molecular flexibility index (Phi) is 3.22. The first-order valence-corrected chi connectivity index (χ1v) is 5.94. The third kappa shape index (κ3) is 2.48. The average Bonchev–Trinajstić information content (AvgIpc) is 2.29. The SMILES string of the molecule is CCc1ccc(-c2cccc(Br)c2)cc1. The zero-order chi connectivity index (χ0) is 10.7. The summed E-state index contributed by atoms with van der Waals surface area (Å²) in [6.45, 7) is 2.17. The lowest BCUT2D eigenvalue weighted by atomic mass is 10.0. The lowest BCUT2D eigenvalue weighted by Crippen LogP contribution is -1.81. The van der Waals surface area contributed by atoms with Crippen LogP contribution < -0.4 is 0 Å². The first kappa shape index (κ1) is 10.4. The Balaban J connectivity index is 2.37. The lowest BCUT2D eigenvalue weighted by molar-refractivity contribution is 1.14. The second-order valence-corrected chi connectivity index (χ2v) is 4.48. The van der Waals surface area contributed by atoms with Crippen molar-refractivity contribution in [2.24, 2.45) is 0 Å². The highest BCUT2D eigenvalue weighted by Gasteiger charge is 1.97. The summed E-state index contributed by atoms with van der Waals surface area (Å²) < 4.78 is 1.12. The van der Waals surface area contributed by atoms with Crippen LogP contribution >= 0.6 is 15.9 Å². The Hall–Kier alpha value is -1.08. The molecule has 0 bridgehead atoms. The minimum Gasteiger partial charge on any atom is -0.0613 e. The van der Waals surface area contributed by atoms with Crippen LogP contribution in [0.2, 0.25) is 0 Å². The molecule has 0 unspecified atom stereocenters. The molecular weight excluding hydrogens is 248 g/mol. The molecular formula is C14H13Br. The minimum atomic E-state index is 1.10. The van der Waals surface area contributed by atoms with E-state index in [9.17, 15) is 0 Å². The van der Waals surface area contributed by atoms with E-state index in [0.29, 0.717) is 0 Å². The van der Waals surface area contributed by atoms with Gasteiger partial charge in [-0.25, -0.2) is 0 Å². The second-order valence-electron chi connectivity index (χ2n) is 3.56. The predicted molar refractivity (Wildman–Crippen MR) is 69.0 cm³/mol. The molecule has 0 fully saturated rings. The monoisotopic (exact) mass is 260 g/mol. The Morgan fingerprint density at radius 1 is 0.933 bits per heavy atom. The molecule has 0 saturated carbocycles. The van der Waals surface area contributed by atoms with Crippen LogP contribution in [0.4, 0.5) is 0 Å². The number of aryl methyl sites for hydroxylation is 1. The number of halogens is 1. The van der Waals surface area contributed by atoms with E-state index in [1.54, 1.807) is 0 Å². The Morgan fingerprint density at radius 3 is 2.27 bits per heavy atom. The van der Waals surface area contributed by atoms with Crippen molar-refractivity contribution in [3.63, 3.8) is 0 Å². The van der Waals surface area contributed by atoms with Gasteiger partial charge in [0.05, 0.1) is 0 Å². The largest absolute Gasteiger partial charge is 0.0613 e. The molecule has 0 radical (unpaired) electrons. The van der Waals surface area contributed by atoms with Gasteiger partial charge in [0.2, 0.25) is 0 Å². The summed E-state index contributed by atoms with van der Waals surface area (Å²) in [5, 5.41) is 0. The number of rotatable bonds is 2. The van der Waals surface area contributed by atoms with Gasteiger partial charge in [-0.15, -0.1) is 0 Å². The van der Waals surface area contributed by atoms with E-state index in [-0.39, 0.29) is 0 Å². The molecule has 76 valence electrons. The van der Waals surface area contributed by atoms with Gasteiger partial charge in [-0.1, -0.05) is 59.3 Å². The summed E-state index contributed by atoms with van der Waals surface area (Å²) in [5.41, 5.74) is 3.91. The van der Waals surface area contributed by atoms with Gasteiger partial charge in [0.25, 0.3) is 0 Å². The molecule has 0 nitrogen and oxygen atoms in total. The van der Waals surface area contributed by atoms with Crippen LogP contribution in [-0.4, -0.2) is 0 Å². The molecule has 0 amide bonds. The Morgan fingerprint density at radius 2 is 1.67 bits per heavy atom. The molecule has 2 aromatic rings. The summed E-state index contributed by atoms with van der Waals surface area (Å²) in [6, 6.07) is 17.1. The van der Waals surface area contributed by atoms with Crippen LogP contribution in [0, 0.1) is 0 Å². The van der Waals surface area contributed by atoms with E-state index >= 15 is 0 Å². The number of benzene rings is 2. The van der Waals surface area contributed by atoms with Crippen molar-refractivity contribution in [1.82, 2.24) is 0 Å². The molecule has 0 atom stereocenters. The maximum absolute atomic E-state index is 3.49. The fraction of sp³-hybridized carbons (Fsp3) is 0.143. The van der Waals surface area contributed by atoms with E-state index in [0.717, 1.165) is 10.9 Å².